The van der Waals surface area contributed by atoms with Crippen molar-refractivity contribution < 1.29 is 8.78 Å². The molecule has 1 aliphatic heterocycles. The Morgan fingerprint density at radius 3 is 2.71 bits per heavy atom. The van der Waals surface area contributed by atoms with Crippen LogP contribution in [-0.4, -0.2) is 24.0 Å². The summed E-state index contributed by atoms with van der Waals surface area (Å²) in [6.07, 6.45) is 3.51. The molecule has 2 unspecified atom stereocenters. The third kappa shape index (κ3) is 4.01. The van der Waals surface area contributed by atoms with E-state index in [1.165, 1.54) is 25.3 Å². The highest BCUT2D eigenvalue weighted by molar-refractivity contribution is 5.27. The van der Waals surface area contributed by atoms with Gasteiger partial charge in [0, 0.05) is 24.2 Å². The van der Waals surface area contributed by atoms with Crippen LogP contribution in [0.5, 0.6) is 0 Å². The molecule has 1 heterocycles. The first-order chi connectivity index (χ1) is 10.2. The molecule has 21 heavy (non-hydrogen) atoms. The van der Waals surface area contributed by atoms with Gasteiger partial charge in [-0.3, -0.25) is 4.90 Å². The number of likely N-dealkylation sites (tertiary alicyclic amines) is 1. The van der Waals surface area contributed by atoms with Gasteiger partial charge in [-0.2, -0.15) is 0 Å². The van der Waals surface area contributed by atoms with Crippen LogP contribution in [0.25, 0.3) is 0 Å². The number of halogens is 2. The molecule has 0 saturated carbocycles. The van der Waals surface area contributed by atoms with Crippen molar-refractivity contribution in [3.63, 3.8) is 0 Å². The lowest BCUT2D eigenvalue weighted by Crippen LogP contribution is -2.44. The Bertz CT molecular complexity index is 435. The normalized spacial score (nSPS) is 21.7. The lowest BCUT2D eigenvalue weighted by atomic mass is 9.93. The maximum Gasteiger partial charge on any atom is 0.263 e. The monoisotopic (exact) mass is 296 g/mol. The fraction of sp³-hybridized carbons (Fsp3) is 0.647. The molecule has 2 rings (SSSR count). The van der Waals surface area contributed by atoms with Crippen LogP contribution in [-0.2, 0) is 0 Å². The van der Waals surface area contributed by atoms with Crippen LogP contribution in [0.3, 0.4) is 0 Å². The number of rotatable bonds is 6. The van der Waals surface area contributed by atoms with Gasteiger partial charge in [0.15, 0.2) is 0 Å². The highest BCUT2D eigenvalue weighted by atomic mass is 19.3. The summed E-state index contributed by atoms with van der Waals surface area (Å²) in [6.45, 7) is 3.69. The van der Waals surface area contributed by atoms with E-state index in [4.69, 9.17) is 5.73 Å². The number of hydrogen-bond acceptors (Lipinski definition) is 2. The molecule has 1 aromatic rings. The van der Waals surface area contributed by atoms with Crippen LogP contribution in [0, 0.1) is 0 Å². The molecular weight excluding hydrogens is 270 g/mol. The standard InChI is InChI=1S/C17H26F2N2/c1-2-6-15-9-3-4-10-21(15)16(12-20)13-7-5-8-14(11-13)17(18)19/h5,7-8,11,15-17H,2-4,6,9-10,12,20H2,1H3. The van der Waals surface area contributed by atoms with Gasteiger partial charge >= 0.3 is 0 Å². The Morgan fingerprint density at radius 1 is 1.29 bits per heavy atom. The largest absolute Gasteiger partial charge is 0.329 e. The number of piperidine rings is 1. The van der Waals surface area contributed by atoms with Crippen molar-refractivity contribution in [2.24, 2.45) is 5.73 Å². The first-order valence-electron chi connectivity index (χ1n) is 8.01. The second-order valence-corrected chi connectivity index (χ2v) is 5.90. The minimum Gasteiger partial charge on any atom is -0.329 e. The Kier molecular flexibility index (Phi) is 6.12. The van der Waals surface area contributed by atoms with E-state index < -0.39 is 6.43 Å². The van der Waals surface area contributed by atoms with Gasteiger partial charge < -0.3 is 5.73 Å². The topological polar surface area (TPSA) is 29.3 Å². The summed E-state index contributed by atoms with van der Waals surface area (Å²) in [4.78, 5) is 2.44. The molecule has 2 N–H and O–H groups in total. The molecule has 118 valence electrons. The number of hydrogen-bond donors (Lipinski definition) is 1. The van der Waals surface area contributed by atoms with E-state index in [0.717, 1.165) is 24.9 Å². The Balaban J connectivity index is 2.22. The van der Waals surface area contributed by atoms with Gasteiger partial charge in [0.25, 0.3) is 6.43 Å². The number of alkyl halides is 2. The summed E-state index contributed by atoms with van der Waals surface area (Å²) in [5.41, 5.74) is 7.01. The third-order valence-corrected chi connectivity index (χ3v) is 4.47. The van der Waals surface area contributed by atoms with Gasteiger partial charge in [0.2, 0.25) is 0 Å². The van der Waals surface area contributed by atoms with Gasteiger partial charge in [0.05, 0.1) is 0 Å². The average Bonchev–Trinajstić information content (AvgIpc) is 2.50. The van der Waals surface area contributed by atoms with Gasteiger partial charge in [-0.05, 0) is 37.4 Å². The Hall–Kier alpha value is -1.00. The van der Waals surface area contributed by atoms with Crippen molar-refractivity contribution in [1.29, 1.82) is 0 Å². The van der Waals surface area contributed by atoms with E-state index in [9.17, 15) is 8.78 Å². The van der Waals surface area contributed by atoms with Crippen LogP contribution < -0.4 is 5.73 Å². The van der Waals surface area contributed by atoms with Gasteiger partial charge in [-0.1, -0.05) is 38.0 Å². The fourth-order valence-corrected chi connectivity index (χ4v) is 3.44. The second-order valence-electron chi connectivity index (χ2n) is 5.90. The minimum absolute atomic E-state index is 0.0561. The van der Waals surface area contributed by atoms with E-state index in [1.54, 1.807) is 12.1 Å². The van der Waals surface area contributed by atoms with E-state index in [-0.39, 0.29) is 11.6 Å². The van der Waals surface area contributed by atoms with E-state index >= 15 is 0 Å². The summed E-state index contributed by atoms with van der Waals surface area (Å²) < 4.78 is 25.8. The lowest BCUT2D eigenvalue weighted by molar-refractivity contribution is 0.0909. The predicted octanol–water partition coefficient (Wildman–Crippen LogP) is 4.28. The maximum absolute atomic E-state index is 12.9. The molecule has 1 fully saturated rings. The quantitative estimate of drug-likeness (QED) is 0.849. The zero-order chi connectivity index (χ0) is 15.2. The van der Waals surface area contributed by atoms with Gasteiger partial charge in [-0.15, -0.1) is 0 Å². The van der Waals surface area contributed by atoms with E-state index in [2.05, 4.69) is 11.8 Å². The van der Waals surface area contributed by atoms with Crippen molar-refractivity contribution in [2.45, 2.75) is 57.5 Å². The summed E-state index contributed by atoms with van der Waals surface area (Å²) in [6, 6.07) is 7.36. The van der Waals surface area contributed by atoms with E-state index in [0.29, 0.717) is 12.6 Å². The fourth-order valence-electron chi connectivity index (χ4n) is 3.44. The van der Waals surface area contributed by atoms with Crippen LogP contribution in [0.15, 0.2) is 24.3 Å². The van der Waals surface area contributed by atoms with E-state index in [1.807, 2.05) is 6.07 Å². The zero-order valence-electron chi connectivity index (χ0n) is 12.8. The molecule has 0 radical (unpaired) electrons. The maximum atomic E-state index is 12.9. The van der Waals surface area contributed by atoms with Crippen molar-refractivity contribution in [3.8, 4) is 0 Å². The molecule has 0 amide bonds. The molecule has 2 atom stereocenters. The Morgan fingerprint density at radius 2 is 2.05 bits per heavy atom. The number of nitrogens with zero attached hydrogens (tertiary/aromatic N) is 1. The summed E-state index contributed by atoms with van der Waals surface area (Å²) in [5.74, 6) is 0. The lowest BCUT2D eigenvalue weighted by Gasteiger charge is -2.41. The molecule has 0 aromatic heterocycles. The van der Waals surface area contributed by atoms with Crippen LogP contribution >= 0.6 is 0 Å². The highest BCUT2D eigenvalue weighted by Gasteiger charge is 2.28. The van der Waals surface area contributed by atoms with Crippen molar-refractivity contribution >= 4 is 0 Å². The smallest absolute Gasteiger partial charge is 0.263 e. The van der Waals surface area contributed by atoms with Crippen LogP contribution in [0.1, 0.15) is 62.6 Å². The first kappa shape index (κ1) is 16.4. The molecule has 0 spiro atoms. The molecule has 1 aliphatic rings. The zero-order valence-corrected chi connectivity index (χ0v) is 12.8. The van der Waals surface area contributed by atoms with Gasteiger partial charge in [0.1, 0.15) is 0 Å². The van der Waals surface area contributed by atoms with Crippen molar-refractivity contribution in [3.05, 3.63) is 35.4 Å². The molecule has 1 saturated heterocycles. The summed E-state index contributed by atoms with van der Waals surface area (Å²) in [5, 5.41) is 0. The van der Waals surface area contributed by atoms with Crippen LogP contribution in [0.4, 0.5) is 8.78 Å². The van der Waals surface area contributed by atoms with Crippen LogP contribution in [0.2, 0.25) is 0 Å². The molecular formula is C17H26F2N2. The minimum atomic E-state index is -2.42. The number of nitrogens with two attached hydrogens (primary N) is 1. The third-order valence-electron chi connectivity index (χ3n) is 4.47. The summed E-state index contributed by atoms with van der Waals surface area (Å²) in [7, 11) is 0. The first-order valence-corrected chi connectivity index (χ1v) is 8.01. The molecule has 1 aromatic carbocycles. The summed E-state index contributed by atoms with van der Waals surface area (Å²) >= 11 is 0. The van der Waals surface area contributed by atoms with Crippen molar-refractivity contribution in [2.75, 3.05) is 13.1 Å². The van der Waals surface area contributed by atoms with Crippen molar-refractivity contribution in [1.82, 2.24) is 4.90 Å². The molecule has 0 bridgehead atoms. The Labute approximate surface area is 126 Å². The SMILES string of the molecule is CCCC1CCCCN1C(CN)c1cccc(C(F)F)c1. The molecule has 0 aliphatic carbocycles. The second kappa shape index (κ2) is 7.85. The molecule has 4 heteroatoms. The predicted molar refractivity (Wildman–Crippen MR) is 82.4 cm³/mol. The highest BCUT2D eigenvalue weighted by Crippen LogP contribution is 2.31. The number of benzene rings is 1. The van der Waals surface area contributed by atoms with Gasteiger partial charge in [-0.25, -0.2) is 8.78 Å². The molecule has 2 nitrogen and oxygen atoms in total. The average molecular weight is 296 g/mol.